The fraction of sp³-hybridized carbons (Fsp3) is 0.462. The number of aliphatic carboxylic acids is 1. The van der Waals surface area contributed by atoms with E-state index < -0.39 is 5.97 Å². The van der Waals surface area contributed by atoms with E-state index >= 15 is 0 Å². The minimum Gasteiger partial charge on any atom is -0.481 e. The highest BCUT2D eigenvalue weighted by Crippen LogP contribution is 2.08. The molecule has 0 aliphatic heterocycles. The lowest BCUT2D eigenvalue weighted by Gasteiger charge is -2.16. The molecule has 0 saturated carbocycles. The number of rotatable bonds is 8. The number of carboxylic acids is 1. The fourth-order valence-corrected chi connectivity index (χ4v) is 1.70. The predicted molar refractivity (Wildman–Crippen MR) is 66.0 cm³/mol. The van der Waals surface area contributed by atoms with Crippen LogP contribution in [0.2, 0.25) is 0 Å². The van der Waals surface area contributed by atoms with Crippen LogP contribution in [-0.4, -0.2) is 37.4 Å². The first-order valence-corrected chi connectivity index (χ1v) is 5.80. The van der Waals surface area contributed by atoms with Crippen molar-refractivity contribution >= 4 is 5.97 Å². The second kappa shape index (κ2) is 7.79. The van der Waals surface area contributed by atoms with E-state index in [-0.39, 0.29) is 18.3 Å². The standard InChI is InChI=1S/C13H18FNO3/c1-18-7-6-15-12(9-13(16)17)8-10-2-4-11(14)5-3-10/h2-5,12,15H,6-9H2,1H3,(H,16,17). The van der Waals surface area contributed by atoms with Crippen LogP contribution < -0.4 is 5.32 Å². The summed E-state index contributed by atoms with van der Waals surface area (Å²) in [5.41, 5.74) is 0.910. The van der Waals surface area contributed by atoms with Crippen LogP contribution in [0.3, 0.4) is 0 Å². The molecule has 100 valence electrons. The average Bonchev–Trinajstić information content (AvgIpc) is 2.31. The minimum atomic E-state index is -0.855. The first-order valence-electron chi connectivity index (χ1n) is 5.80. The quantitative estimate of drug-likeness (QED) is 0.690. The summed E-state index contributed by atoms with van der Waals surface area (Å²) in [6, 6.07) is 5.91. The summed E-state index contributed by atoms with van der Waals surface area (Å²) in [4.78, 5) is 10.8. The molecule has 1 aromatic carbocycles. The van der Waals surface area contributed by atoms with E-state index in [1.807, 2.05) is 0 Å². The van der Waals surface area contributed by atoms with Crippen molar-refractivity contribution < 1.29 is 19.0 Å². The first kappa shape index (κ1) is 14.6. The molecule has 1 unspecified atom stereocenters. The van der Waals surface area contributed by atoms with Crippen LogP contribution in [0.15, 0.2) is 24.3 Å². The second-order valence-electron chi connectivity index (χ2n) is 4.07. The van der Waals surface area contributed by atoms with E-state index in [1.54, 1.807) is 19.2 Å². The number of nitrogens with one attached hydrogen (secondary N) is 1. The summed E-state index contributed by atoms with van der Waals surface area (Å²) >= 11 is 0. The topological polar surface area (TPSA) is 58.6 Å². The number of ether oxygens (including phenoxy) is 1. The zero-order valence-corrected chi connectivity index (χ0v) is 10.4. The van der Waals surface area contributed by atoms with Gasteiger partial charge in [-0.05, 0) is 24.1 Å². The highest BCUT2D eigenvalue weighted by Gasteiger charge is 2.13. The second-order valence-corrected chi connectivity index (χ2v) is 4.07. The minimum absolute atomic E-state index is 0.0289. The van der Waals surface area contributed by atoms with Crippen LogP contribution in [0.4, 0.5) is 4.39 Å². The SMILES string of the molecule is COCCNC(CC(=O)O)Cc1ccc(F)cc1. The Morgan fingerprint density at radius 3 is 2.67 bits per heavy atom. The summed E-state index contributed by atoms with van der Waals surface area (Å²) in [6.07, 6.45) is 0.581. The van der Waals surface area contributed by atoms with E-state index in [4.69, 9.17) is 9.84 Å². The number of benzene rings is 1. The van der Waals surface area contributed by atoms with Gasteiger partial charge in [0.1, 0.15) is 5.82 Å². The molecule has 0 aliphatic rings. The smallest absolute Gasteiger partial charge is 0.304 e. The number of carbonyl (C=O) groups is 1. The zero-order valence-electron chi connectivity index (χ0n) is 10.4. The maximum absolute atomic E-state index is 12.8. The molecule has 2 N–H and O–H groups in total. The summed E-state index contributed by atoms with van der Waals surface area (Å²) in [6.45, 7) is 1.12. The molecule has 0 fully saturated rings. The molecule has 0 amide bonds. The van der Waals surface area contributed by atoms with Gasteiger partial charge < -0.3 is 15.2 Å². The predicted octanol–water partition coefficient (Wildman–Crippen LogP) is 1.45. The summed E-state index contributed by atoms with van der Waals surface area (Å²) < 4.78 is 17.7. The number of methoxy groups -OCH3 is 1. The number of carboxylic acid groups (broad SMARTS) is 1. The molecule has 1 atom stereocenters. The molecule has 0 bridgehead atoms. The number of hydrogen-bond donors (Lipinski definition) is 2. The van der Waals surface area contributed by atoms with E-state index in [0.29, 0.717) is 19.6 Å². The zero-order chi connectivity index (χ0) is 13.4. The normalized spacial score (nSPS) is 12.3. The Labute approximate surface area is 106 Å². The summed E-state index contributed by atoms with van der Waals surface area (Å²) in [5.74, 6) is -1.15. The third-order valence-corrected chi connectivity index (χ3v) is 2.56. The van der Waals surface area contributed by atoms with Gasteiger partial charge in [-0.15, -0.1) is 0 Å². The van der Waals surface area contributed by atoms with Gasteiger partial charge in [-0.2, -0.15) is 0 Å². The Bertz CT molecular complexity index is 367. The molecule has 5 heteroatoms. The molecule has 0 aliphatic carbocycles. The van der Waals surface area contributed by atoms with Crippen LogP contribution in [0, 0.1) is 5.82 Å². The van der Waals surface area contributed by atoms with E-state index in [0.717, 1.165) is 5.56 Å². The van der Waals surface area contributed by atoms with Crippen molar-refractivity contribution in [1.29, 1.82) is 0 Å². The lowest BCUT2D eigenvalue weighted by Crippen LogP contribution is -2.35. The van der Waals surface area contributed by atoms with E-state index in [1.165, 1.54) is 12.1 Å². The highest BCUT2D eigenvalue weighted by atomic mass is 19.1. The maximum Gasteiger partial charge on any atom is 0.304 e. The van der Waals surface area contributed by atoms with Crippen molar-refractivity contribution in [2.75, 3.05) is 20.3 Å². The van der Waals surface area contributed by atoms with Crippen LogP contribution in [0.25, 0.3) is 0 Å². The Balaban J connectivity index is 2.53. The van der Waals surface area contributed by atoms with Gasteiger partial charge in [0, 0.05) is 19.7 Å². The van der Waals surface area contributed by atoms with E-state index in [9.17, 15) is 9.18 Å². The van der Waals surface area contributed by atoms with Crippen LogP contribution in [-0.2, 0) is 16.0 Å². The van der Waals surface area contributed by atoms with Crippen LogP contribution in [0.1, 0.15) is 12.0 Å². The molecule has 0 saturated heterocycles. The Hall–Kier alpha value is -1.46. The lowest BCUT2D eigenvalue weighted by molar-refractivity contribution is -0.137. The molecule has 4 nitrogen and oxygen atoms in total. The van der Waals surface area contributed by atoms with Gasteiger partial charge in [0.05, 0.1) is 13.0 Å². The van der Waals surface area contributed by atoms with Crippen LogP contribution >= 0.6 is 0 Å². The van der Waals surface area contributed by atoms with Crippen molar-refractivity contribution in [3.8, 4) is 0 Å². The molecule has 0 heterocycles. The van der Waals surface area contributed by atoms with Gasteiger partial charge in [-0.3, -0.25) is 4.79 Å². The molecule has 0 aromatic heterocycles. The number of halogens is 1. The third kappa shape index (κ3) is 5.75. The van der Waals surface area contributed by atoms with Crippen molar-refractivity contribution in [2.45, 2.75) is 18.9 Å². The molecular formula is C13H18FNO3. The molecular weight excluding hydrogens is 237 g/mol. The summed E-state index contributed by atoms with van der Waals surface area (Å²) in [5, 5.41) is 11.9. The highest BCUT2D eigenvalue weighted by molar-refractivity contribution is 5.67. The molecule has 1 rings (SSSR count). The van der Waals surface area contributed by atoms with Crippen LogP contribution in [0.5, 0.6) is 0 Å². The van der Waals surface area contributed by atoms with Gasteiger partial charge in [-0.1, -0.05) is 12.1 Å². The molecule has 0 radical (unpaired) electrons. The average molecular weight is 255 g/mol. The Kier molecular flexibility index (Phi) is 6.32. The van der Waals surface area contributed by atoms with E-state index in [2.05, 4.69) is 5.32 Å². The maximum atomic E-state index is 12.8. The summed E-state index contributed by atoms with van der Waals surface area (Å²) in [7, 11) is 1.59. The lowest BCUT2D eigenvalue weighted by atomic mass is 10.0. The number of hydrogen-bond acceptors (Lipinski definition) is 3. The van der Waals surface area contributed by atoms with Gasteiger partial charge in [0.15, 0.2) is 0 Å². The van der Waals surface area contributed by atoms with Crippen molar-refractivity contribution in [3.63, 3.8) is 0 Å². The van der Waals surface area contributed by atoms with Gasteiger partial charge in [-0.25, -0.2) is 4.39 Å². The fourth-order valence-electron chi connectivity index (χ4n) is 1.70. The molecule has 18 heavy (non-hydrogen) atoms. The van der Waals surface area contributed by atoms with Crippen molar-refractivity contribution in [2.24, 2.45) is 0 Å². The third-order valence-electron chi connectivity index (χ3n) is 2.56. The largest absolute Gasteiger partial charge is 0.481 e. The van der Waals surface area contributed by atoms with Gasteiger partial charge in [0.2, 0.25) is 0 Å². The van der Waals surface area contributed by atoms with Crippen molar-refractivity contribution in [1.82, 2.24) is 5.32 Å². The Morgan fingerprint density at radius 1 is 1.44 bits per heavy atom. The monoisotopic (exact) mass is 255 g/mol. The first-order chi connectivity index (χ1) is 8.61. The Morgan fingerprint density at radius 2 is 2.11 bits per heavy atom. The van der Waals surface area contributed by atoms with Gasteiger partial charge in [0.25, 0.3) is 0 Å². The molecule has 0 spiro atoms. The van der Waals surface area contributed by atoms with Crippen molar-refractivity contribution in [3.05, 3.63) is 35.6 Å². The van der Waals surface area contributed by atoms with Gasteiger partial charge >= 0.3 is 5.97 Å². The molecule has 1 aromatic rings.